The molecule has 0 spiro atoms. The average Bonchev–Trinajstić information content (AvgIpc) is 2.25. The first kappa shape index (κ1) is 22.0. The molecule has 0 bridgehead atoms. The van der Waals surface area contributed by atoms with E-state index >= 15 is 0 Å². The molecule has 0 aliphatic carbocycles. The second-order valence-electron chi connectivity index (χ2n) is 4.41. The van der Waals surface area contributed by atoms with E-state index in [0.717, 1.165) is 0 Å². The van der Waals surface area contributed by atoms with Gasteiger partial charge in [0.25, 0.3) is 0 Å². The first-order valence-corrected chi connectivity index (χ1v) is 6.86. The largest absolute Gasteiger partial charge is 0.507 e. The highest BCUT2D eigenvalue weighted by atomic mass is 79.9. The molecule has 0 aliphatic heterocycles. The summed E-state index contributed by atoms with van der Waals surface area (Å²) >= 11 is 5.99. The van der Waals surface area contributed by atoms with Gasteiger partial charge in [-0.25, -0.2) is 14.4 Å². The SMILES string of the molecule is C=C(C)C(=O)O.CC(C)(COC(=O)O)C(Br)(Br)OC(=O)O. The lowest BCUT2D eigenvalue weighted by Crippen LogP contribution is -2.41. The van der Waals surface area contributed by atoms with Crippen LogP contribution in [0.2, 0.25) is 0 Å². The van der Waals surface area contributed by atoms with Crippen molar-refractivity contribution in [1.82, 2.24) is 0 Å². The van der Waals surface area contributed by atoms with Gasteiger partial charge in [-0.1, -0.05) is 20.4 Å². The Morgan fingerprint density at radius 1 is 1.10 bits per heavy atom. The quantitative estimate of drug-likeness (QED) is 0.339. The van der Waals surface area contributed by atoms with Crippen LogP contribution < -0.4 is 0 Å². The summed E-state index contributed by atoms with van der Waals surface area (Å²) in [6.07, 6.45) is -2.93. The van der Waals surface area contributed by atoms with Crippen LogP contribution in [0, 0.1) is 5.41 Å². The first-order chi connectivity index (χ1) is 9.23. The van der Waals surface area contributed by atoms with E-state index in [-0.39, 0.29) is 12.2 Å². The summed E-state index contributed by atoms with van der Waals surface area (Å²) < 4.78 is 7.46. The molecule has 0 fully saturated rings. The standard InChI is InChI=1S/C7H10Br2O6.C4H6O2/c1-6(2,3-14-4(10)11)7(8,9)15-5(12)13;1-3(2)4(5)6/h3H2,1-2H3,(H,10,11)(H,12,13);1H2,2H3,(H,5,6). The molecule has 0 rings (SSSR count). The molecule has 0 saturated carbocycles. The molecule has 0 heterocycles. The van der Waals surface area contributed by atoms with E-state index in [2.05, 4.69) is 47.9 Å². The summed E-state index contributed by atoms with van der Waals surface area (Å²) in [5, 5.41) is 24.7. The van der Waals surface area contributed by atoms with Crippen molar-refractivity contribution in [3.63, 3.8) is 0 Å². The molecule has 0 aromatic rings. The molecule has 122 valence electrons. The zero-order valence-electron chi connectivity index (χ0n) is 11.6. The lowest BCUT2D eigenvalue weighted by Gasteiger charge is -2.35. The monoisotopic (exact) mass is 434 g/mol. The van der Waals surface area contributed by atoms with Crippen molar-refractivity contribution in [2.45, 2.75) is 24.2 Å². The number of hydrogen-bond donors (Lipinski definition) is 3. The van der Waals surface area contributed by atoms with Crippen LogP contribution in [0.5, 0.6) is 0 Å². The van der Waals surface area contributed by atoms with Crippen LogP contribution >= 0.6 is 31.9 Å². The molecule has 0 aromatic heterocycles. The van der Waals surface area contributed by atoms with Crippen LogP contribution in [0.25, 0.3) is 0 Å². The molecular formula is C11H16Br2O8. The third kappa shape index (κ3) is 10.1. The smallest absolute Gasteiger partial charge is 0.478 e. The Balaban J connectivity index is 0. The molecule has 0 saturated heterocycles. The highest BCUT2D eigenvalue weighted by Crippen LogP contribution is 2.45. The van der Waals surface area contributed by atoms with Crippen LogP contribution in [0.3, 0.4) is 0 Å². The molecule has 8 nitrogen and oxygen atoms in total. The number of aliphatic carboxylic acids is 1. The minimum atomic E-state index is -1.49. The number of rotatable bonds is 5. The summed E-state index contributed by atoms with van der Waals surface area (Å²) in [5.74, 6) is -0.935. The molecule has 10 heteroatoms. The van der Waals surface area contributed by atoms with E-state index in [4.69, 9.17) is 15.3 Å². The highest BCUT2D eigenvalue weighted by molar-refractivity contribution is 9.25. The Bertz CT molecular complexity index is 404. The van der Waals surface area contributed by atoms with Crippen molar-refractivity contribution in [3.8, 4) is 0 Å². The van der Waals surface area contributed by atoms with Crippen molar-refractivity contribution in [1.29, 1.82) is 0 Å². The molecule has 3 N–H and O–H groups in total. The number of hydrogen-bond acceptors (Lipinski definition) is 5. The first-order valence-electron chi connectivity index (χ1n) is 5.27. The van der Waals surface area contributed by atoms with E-state index in [1.807, 2.05) is 0 Å². The Labute approximate surface area is 138 Å². The normalized spacial score (nSPS) is 10.7. The van der Waals surface area contributed by atoms with E-state index in [0.29, 0.717) is 0 Å². The molecule has 0 aromatic carbocycles. The van der Waals surface area contributed by atoms with Crippen LogP contribution in [0.15, 0.2) is 12.2 Å². The fourth-order valence-corrected chi connectivity index (χ4v) is 1.08. The van der Waals surface area contributed by atoms with Gasteiger partial charge in [0.2, 0.25) is 3.42 Å². The van der Waals surface area contributed by atoms with Gasteiger partial charge in [0.15, 0.2) is 0 Å². The predicted octanol–water partition coefficient (Wildman–Crippen LogP) is 3.49. The minimum Gasteiger partial charge on any atom is -0.478 e. The second kappa shape index (κ2) is 8.88. The molecule has 0 radical (unpaired) electrons. The summed E-state index contributed by atoms with van der Waals surface area (Å²) in [7, 11) is 0. The zero-order chi connectivity index (χ0) is 17.4. The van der Waals surface area contributed by atoms with Gasteiger partial charge in [0.1, 0.15) is 6.61 Å². The van der Waals surface area contributed by atoms with Gasteiger partial charge in [-0.3, -0.25) is 0 Å². The maximum atomic E-state index is 10.4. The topological polar surface area (TPSA) is 130 Å². The maximum absolute atomic E-state index is 10.4. The van der Waals surface area contributed by atoms with Crippen molar-refractivity contribution in [2.24, 2.45) is 5.41 Å². The third-order valence-corrected chi connectivity index (χ3v) is 4.40. The molecule has 0 atom stereocenters. The maximum Gasteiger partial charge on any atom is 0.507 e. The highest BCUT2D eigenvalue weighted by Gasteiger charge is 2.46. The van der Waals surface area contributed by atoms with Gasteiger partial charge in [0.05, 0.1) is 5.41 Å². The fourth-order valence-electron chi connectivity index (χ4n) is 0.574. The van der Waals surface area contributed by atoms with Crippen LogP contribution in [-0.2, 0) is 14.3 Å². The van der Waals surface area contributed by atoms with Crippen molar-refractivity contribution >= 4 is 50.1 Å². The molecule has 21 heavy (non-hydrogen) atoms. The van der Waals surface area contributed by atoms with Gasteiger partial charge >= 0.3 is 18.3 Å². The Kier molecular flexibility index (Phi) is 9.30. The Hall–Kier alpha value is -1.29. The van der Waals surface area contributed by atoms with Crippen LogP contribution in [-0.4, -0.2) is 43.6 Å². The van der Waals surface area contributed by atoms with Crippen LogP contribution in [0.4, 0.5) is 9.59 Å². The number of halogens is 2. The Morgan fingerprint density at radius 3 is 1.71 bits per heavy atom. The number of carboxylic acid groups (broad SMARTS) is 3. The second-order valence-corrected chi connectivity index (χ2v) is 7.71. The van der Waals surface area contributed by atoms with Gasteiger partial charge in [0, 0.05) is 5.57 Å². The number of alkyl halides is 2. The number of carbonyl (C=O) groups is 3. The lowest BCUT2D eigenvalue weighted by molar-refractivity contribution is -0.132. The minimum absolute atomic E-state index is 0.176. The number of carboxylic acids is 1. The molecule has 0 aliphatic rings. The van der Waals surface area contributed by atoms with E-state index < -0.39 is 27.1 Å². The molecule has 0 amide bonds. The van der Waals surface area contributed by atoms with Crippen molar-refractivity contribution in [3.05, 3.63) is 12.2 Å². The Morgan fingerprint density at radius 2 is 1.48 bits per heavy atom. The fraction of sp³-hybridized carbons (Fsp3) is 0.545. The van der Waals surface area contributed by atoms with Crippen molar-refractivity contribution in [2.75, 3.05) is 6.61 Å². The zero-order valence-corrected chi connectivity index (χ0v) is 14.7. The summed E-state index contributed by atoms with van der Waals surface area (Å²) in [6, 6.07) is 0. The van der Waals surface area contributed by atoms with Crippen LogP contribution in [0.1, 0.15) is 20.8 Å². The summed E-state index contributed by atoms with van der Waals surface area (Å²) in [5.41, 5.74) is -0.737. The van der Waals surface area contributed by atoms with E-state index in [9.17, 15) is 14.4 Å². The number of ether oxygens (including phenoxy) is 2. The predicted molar refractivity (Wildman–Crippen MR) is 79.9 cm³/mol. The average molecular weight is 436 g/mol. The van der Waals surface area contributed by atoms with Gasteiger partial charge in [-0.15, -0.1) is 0 Å². The van der Waals surface area contributed by atoms with E-state index in [1.54, 1.807) is 13.8 Å². The lowest BCUT2D eigenvalue weighted by atomic mass is 9.96. The van der Waals surface area contributed by atoms with E-state index in [1.165, 1.54) is 6.92 Å². The van der Waals surface area contributed by atoms with Gasteiger partial charge in [-0.05, 0) is 38.8 Å². The summed E-state index contributed by atoms with van der Waals surface area (Å²) in [4.78, 5) is 30.1. The van der Waals surface area contributed by atoms with Crippen molar-refractivity contribution < 1.29 is 39.2 Å². The molecular weight excluding hydrogens is 420 g/mol. The van der Waals surface area contributed by atoms with Gasteiger partial charge < -0.3 is 24.8 Å². The van der Waals surface area contributed by atoms with Gasteiger partial charge in [-0.2, -0.15) is 0 Å². The third-order valence-electron chi connectivity index (χ3n) is 1.92. The molecule has 0 unspecified atom stereocenters. The summed E-state index contributed by atoms with van der Waals surface area (Å²) in [6.45, 7) is 7.52.